The third kappa shape index (κ3) is 4.70. The first kappa shape index (κ1) is 15.8. The fourth-order valence-electron chi connectivity index (χ4n) is 2.36. The number of anilines is 2. The molecule has 0 amide bonds. The number of nitrogens with zero attached hydrogens (tertiary/aromatic N) is 4. The lowest BCUT2D eigenvalue weighted by Crippen LogP contribution is -2.35. The highest BCUT2D eigenvalue weighted by Gasteiger charge is 2.18. The van der Waals surface area contributed by atoms with Crippen LogP contribution in [0.4, 0.5) is 11.9 Å². The van der Waals surface area contributed by atoms with Crippen LogP contribution in [0.15, 0.2) is 0 Å². The van der Waals surface area contributed by atoms with E-state index in [1.165, 1.54) is 25.9 Å². The van der Waals surface area contributed by atoms with E-state index in [-0.39, 0.29) is 6.10 Å². The minimum absolute atomic E-state index is 0.0356. The molecular weight excluding hydrogens is 268 g/mol. The maximum atomic E-state index is 5.55. The van der Waals surface area contributed by atoms with Crippen molar-refractivity contribution in [2.45, 2.75) is 45.8 Å². The molecule has 2 N–H and O–H groups in total. The fourth-order valence-corrected chi connectivity index (χ4v) is 2.36. The molecule has 7 heteroatoms. The summed E-state index contributed by atoms with van der Waals surface area (Å²) in [7, 11) is 1.78. The van der Waals surface area contributed by atoms with E-state index in [4.69, 9.17) is 4.74 Å². The zero-order valence-electron chi connectivity index (χ0n) is 13.4. The summed E-state index contributed by atoms with van der Waals surface area (Å²) in [6.07, 6.45) is 2.63. The van der Waals surface area contributed by atoms with Crippen molar-refractivity contribution in [3.05, 3.63) is 0 Å². The van der Waals surface area contributed by atoms with E-state index in [0.717, 1.165) is 6.54 Å². The zero-order chi connectivity index (χ0) is 15.2. The molecule has 2 heterocycles. The molecule has 0 bridgehead atoms. The van der Waals surface area contributed by atoms with E-state index in [0.29, 0.717) is 23.9 Å². The predicted octanol–water partition coefficient (Wildman–Crippen LogP) is 1.60. The summed E-state index contributed by atoms with van der Waals surface area (Å²) < 4.78 is 5.55. The summed E-state index contributed by atoms with van der Waals surface area (Å²) in [6.45, 7) is 9.31. The van der Waals surface area contributed by atoms with E-state index in [2.05, 4.69) is 37.4 Å². The van der Waals surface area contributed by atoms with Crippen LogP contribution in [-0.4, -0.2) is 58.7 Å². The Hall–Kier alpha value is -1.63. The predicted molar refractivity (Wildman–Crippen MR) is 83.9 cm³/mol. The van der Waals surface area contributed by atoms with Crippen LogP contribution in [0.1, 0.15) is 33.6 Å². The number of ether oxygens (including phenoxy) is 1. The second-order valence-electron chi connectivity index (χ2n) is 5.65. The first-order valence-corrected chi connectivity index (χ1v) is 7.67. The summed E-state index contributed by atoms with van der Waals surface area (Å²) in [6, 6.07) is 0.817. The molecule has 21 heavy (non-hydrogen) atoms. The van der Waals surface area contributed by atoms with Gasteiger partial charge in [-0.15, -0.1) is 0 Å². The summed E-state index contributed by atoms with van der Waals surface area (Å²) in [5.74, 6) is 1.06. The van der Waals surface area contributed by atoms with Crippen molar-refractivity contribution < 1.29 is 4.74 Å². The van der Waals surface area contributed by atoms with Gasteiger partial charge in [-0.2, -0.15) is 15.0 Å². The summed E-state index contributed by atoms with van der Waals surface area (Å²) in [4.78, 5) is 15.3. The van der Waals surface area contributed by atoms with Gasteiger partial charge in [-0.25, -0.2) is 0 Å². The molecule has 1 unspecified atom stereocenters. The highest BCUT2D eigenvalue weighted by Crippen LogP contribution is 2.14. The third-order valence-corrected chi connectivity index (χ3v) is 3.50. The van der Waals surface area contributed by atoms with E-state index in [9.17, 15) is 0 Å². The smallest absolute Gasteiger partial charge is 0.323 e. The minimum Gasteiger partial charge on any atom is -0.461 e. The molecule has 0 aliphatic carbocycles. The first-order valence-electron chi connectivity index (χ1n) is 7.67. The van der Waals surface area contributed by atoms with Crippen LogP contribution in [0.2, 0.25) is 0 Å². The molecule has 7 nitrogen and oxygen atoms in total. The van der Waals surface area contributed by atoms with Gasteiger partial charge in [0.2, 0.25) is 11.9 Å². The Kier molecular flexibility index (Phi) is 5.55. The van der Waals surface area contributed by atoms with Gasteiger partial charge < -0.3 is 15.4 Å². The average molecular weight is 294 g/mol. The van der Waals surface area contributed by atoms with Crippen molar-refractivity contribution in [1.82, 2.24) is 19.9 Å². The Bertz CT molecular complexity index is 447. The van der Waals surface area contributed by atoms with Crippen LogP contribution in [-0.2, 0) is 0 Å². The largest absolute Gasteiger partial charge is 0.461 e. The number of rotatable bonds is 7. The molecule has 1 saturated heterocycles. The van der Waals surface area contributed by atoms with Gasteiger partial charge in [0.15, 0.2) is 0 Å². The molecule has 1 aliphatic heterocycles. The van der Waals surface area contributed by atoms with Crippen LogP contribution in [0, 0.1) is 0 Å². The lowest BCUT2D eigenvalue weighted by atomic mass is 10.3. The molecule has 1 aromatic rings. The van der Waals surface area contributed by atoms with Gasteiger partial charge in [0.05, 0.1) is 6.10 Å². The molecule has 0 radical (unpaired) electrons. The molecule has 0 spiro atoms. The van der Waals surface area contributed by atoms with E-state index in [1.54, 1.807) is 7.05 Å². The van der Waals surface area contributed by atoms with Crippen LogP contribution < -0.4 is 15.4 Å². The Labute approximate surface area is 126 Å². The zero-order valence-corrected chi connectivity index (χ0v) is 13.4. The molecular formula is C14H26N6O. The van der Waals surface area contributed by atoms with E-state index < -0.39 is 0 Å². The molecule has 2 rings (SSSR count). The van der Waals surface area contributed by atoms with Gasteiger partial charge in [-0.05, 0) is 46.7 Å². The lowest BCUT2D eigenvalue weighted by molar-refractivity contribution is 0.222. The van der Waals surface area contributed by atoms with Crippen LogP contribution in [0.5, 0.6) is 6.01 Å². The summed E-state index contributed by atoms with van der Waals surface area (Å²) >= 11 is 0. The number of hydrogen-bond acceptors (Lipinski definition) is 7. The van der Waals surface area contributed by atoms with Crippen LogP contribution >= 0.6 is 0 Å². The van der Waals surface area contributed by atoms with Crippen molar-refractivity contribution in [2.24, 2.45) is 0 Å². The molecule has 1 atom stereocenters. The Morgan fingerprint density at radius 2 is 1.76 bits per heavy atom. The molecule has 1 aromatic heterocycles. The maximum Gasteiger partial charge on any atom is 0.323 e. The Morgan fingerprint density at radius 3 is 2.38 bits per heavy atom. The summed E-state index contributed by atoms with van der Waals surface area (Å²) in [5.41, 5.74) is 0. The van der Waals surface area contributed by atoms with Gasteiger partial charge in [-0.3, -0.25) is 4.90 Å². The second kappa shape index (κ2) is 7.40. The van der Waals surface area contributed by atoms with E-state index in [1.807, 2.05) is 13.8 Å². The molecule has 0 saturated carbocycles. The highest BCUT2D eigenvalue weighted by atomic mass is 16.5. The van der Waals surface area contributed by atoms with Gasteiger partial charge >= 0.3 is 6.01 Å². The number of hydrogen-bond donors (Lipinski definition) is 2. The SMILES string of the molecule is CNc1nc(NCC(C)N2CCCC2)nc(OC(C)C)n1. The normalized spacial score (nSPS) is 17.0. The Morgan fingerprint density at radius 1 is 1.10 bits per heavy atom. The first-order chi connectivity index (χ1) is 10.1. The monoisotopic (exact) mass is 294 g/mol. The minimum atomic E-state index is 0.0356. The molecule has 0 aromatic carbocycles. The second-order valence-corrected chi connectivity index (χ2v) is 5.65. The maximum absolute atomic E-state index is 5.55. The van der Waals surface area contributed by atoms with Crippen molar-refractivity contribution in [3.63, 3.8) is 0 Å². The Balaban J connectivity index is 1.97. The van der Waals surface area contributed by atoms with Crippen molar-refractivity contribution in [1.29, 1.82) is 0 Å². The van der Waals surface area contributed by atoms with Gasteiger partial charge in [0.25, 0.3) is 0 Å². The standard InChI is InChI=1S/C14H26N6O/c1-10(2)21-14-18-12(15-4)17-13(19-14)16-9-11(3)20-7-5-6-8-20/h10-11H,5-9H2,1-4H3,(H2,15,16,17,18,19). The van der Waals surface area contributed by atoms with Gasteiger partial charge in [-0.1, -0.05) is 0 Å². The fraction of sp³-hybridized carbons (Fsp3) is 0.786. The van der Waals surface area contributed by atoms with Crippen molar-refractivity contribution >= 4 is 11.9 Å². The lowest BCUT2D eigenvalue weighted by Gasteiger charge is -2.23. The van der Waals surface area contributed by atoms with Crippen molar-refractivity contribution in [2.75, 3.05) is 37.3 Å². The average Bonchev–Trinajstić information content (AvgIpc) is 2.98. The third-order valence-electron chi connectivity index (χ3n) is 3.50. The van der Waals surface area contributed by atoms with Gasteiger partial charge in [0.1, 0.15) is 0 Å². The van der Waals surface area contributed by atoms with Crippen LogP contribution in [0.3, 0.4) is 0 Å². The quantitative estimate of drug-likeness (QED) is 0.791. The molecule has 1 aliphatic rings. The van der Waals surface area contributed by atoms with Gasteiger partial charge in [0, 0.05) is 19.6 Å². The number of nitrogens with one attached hydrogen (secondary N) is 2. The van der Waals surface area contributed by atoms with Crippen molar-refractivity contribution in [3.8, 4) is 6.01 Å². The topological polar surface area (TPSA) is 75.2 Å². The van der Waals surface area contributed by atoms with E-state index >= 15 is 0 Å². The van der Waals surface area contributed by atoms with Crippen LogP contribution in [0.25, 0.3) is 0 Å². The highest BCUT2D eigenvalue weighted by molar-refractivity contribution is 5.35. The number of likely N-dealkylation sites (tertiary alicyclic amines) is 1. The molecule has 118 valence electrons. The molecule has 1 fully saturated rings. The summed E-state index contributed by atoms with van der Waals surface area (Å²) in [5, 5.41) is 6.22. The number of aromatic nitrogens is 3.